The molecule has 0 unspecified atom stereocenters. The Balaban J connectivity index is 2.05. The van der Waals surface area contributed by atoms with Gasteiger partial charge >= 0.3 is 0 Å². The molecule has 4 heteroatoms. The summed E-state index contributed by atoms with van der Waals surface area (Å²) >= 11 is 6.24. The fourth-order valence-electron chi connectivity index (χ4n) is 2.48. The average Bonchev–Trinajstić information content (AvgIpc) is 2.81. The Labute approximate surface area is 123 Å². The van der Waals surface area contributed by atoms with Crippen LogP contribution in [0.15, 0.2) is 48.8 Å². The van der Waals surface area contributed by atoms with Crippen LogP contribution in [-0.2, 0) is 13.0 Å². The van der Waals surface area contributed by atoms with E-state index in [0.29, 0.717) is 6.54 Å². The maximum Gasteiger partial charge on any atom is 0.140 e. The Hall–Kier alpha value is -1.84. The molecule has 0 atom stereocenters. The highest BCUT2D eigenvalue weighted by atomic mass is 35.5. The van der Waals surface area contributed by atoms with E-state index in [0.717, 1.165) is 29.2 Å². The van der Waals surface area contributed by atoms with Crippen molar-refractivity contribution >= 4 is 22.6 Å². The molecule has 0 bridgehead atoms. The number of hydrogen-bond acceptors (Lipinski definition) is 2. The van der Waals surface area contributed by atoms with Crippen LogP contribution in [0.4, 0.5) is 0 Å². The highest BCUT2D eigenvalue weighted by Crippen LogP contribution is 2.23. The SMILES string of the molecule is NCCc1cn(Cc2ccccc2Cl)c2ncccc12. The molecule has 3 nitrogen and oxygen atoms in total. The Morgan fingerprint density at radius 3 is 2.75 bits per heavy atom. The van der Waals surface area contributed by atoms with E-state index in [-0.39, 0.29) is 0 Å². The molecule has 0 aliphatic rings. The van der Waals surface area contributed by atoms with Gasteiger partial charge in [-0.2, -0.15) is 0 Å². The van der Waals surface area contributed by atoms with E-state index in [4.69, 9.17) is 17.3 Å². The molecule has 2 N–H and O–H groups in total. The minimum atomic E-state index is 0.639. The highest BCUT2D eigenvalue weighted by Gasteiger charge is 2.10. The molecular formula is C16H16ClN3. The summed E-state index contributed by atoms with van der Waals surface area (Å²) in [5.74, 6) is 0. The van der Waals surface area contributed by atoms with E-state index in [2.05, 4.69) is 21.8 Å². The van der Waals surface area contributed by atoms with E-state index in [1.165, 1.54) is 10.9 Å². The van der Waals surface area contributed by atoms with Gasteiger partial charge in [-0.25, -0.2) is 4.98 Å². The van der Waals surface area contributed by atoms with Gasteiger partial charge in [0.25, 0.3) is 0 Å². The lowest BCUT2D eigenvalue weighted by Crippen LogP contribution is -2.02. The monoisotopic (exact) mass is 285 g/mol. The number of rotatable bonds is 4. The fourth-order valence-corrected chi connectivity index (χ4v) is 2.68. The number of aromatic nitrogens is 2. The van der Waals surface area contributed by atoms with Crippen LogP contribution in [0.3, 0.4) is 0 Å². The van der Waals surface area contributed by atoms with E-state index < -0.39 is 0 Å². The summed E-state index contributed by atoms with van der Waals surface area (Å²) in [6, 6.07) is 12.0. The van der Waals surface area contributed by atoms with Crippen LogP contribution in [0.1, 0.15) is 11.1 Å². The van der Waals surface area contributed by atoms with Gasteiger partial charge in [-0.05, 0) is 42.3 Å². The quantitative estimate of drug-likeness (QED) is 0.800. The van der Waals surface area contributed by atoms with Crippen molar-refractivity contribution in [2.45, 2.75) is 13.0 Å². The number of benzene rings is 1. The normalized spacial score (nSPS) is 11.1. The van der Waals surface area contributed by atoms with Gasteiger partial charge in [0.15, 0.2) is 0 Å². The molecule has 3 aromatic rings. The van der Waals surface area contributed by atoms with Crippen molar-refractivity contribution in [3.05, 3.63) is 64.9 Å². The molecule has 3 rings (SSSR count). The smallest absolute Gasteiger partial charge is 0.140 e. The first kappa shape index (κ1) is 13.2. The summed E-state index contributed by atoms with van der Waals surface area (Å²) in [6.07, 6.45) is 4.81. The van der Waals surface area contributed by atoms with E-state index >= 15 is 0 Å². The van der Waals surface area contributed by atoms with Crippen LogP contribution < -0.4 is 5.73 Å². The van der Waals surface area contributed by atoms with Crippen LogP contribution in [0, 0.1) is 0 Å². The Morgan fingerprint density at radius 2 is 1.95 bits per heavy atom. The van der Waals surface area contributed by atoms with Gasteiger partial charge in [0.2, 0.25) is 0 Å². The zero-order valence-electron chi connectivity index (χ0n) is 11.1. The van der Waals surface area contributed by atoms with E-state index in [9.17, 15) is 0 Å². The topological polar surface area (TPSA) is 43.8 Å². The Morgan fingerprint density at radius 1 is 1.10 bits per heavy atom. The average molecular weight is 286 g/mol. The third-order valence-electron chi connectivity index (χ3n) is 3.43. The minimum absolute atomic E-state index is 0.639. The van der Waals surface area contributed by atoms with Crippen LogP contribution >= 0.6 is 11.6 Å². The Kier molecular flexibility index (Phi) is 3.72. The second kappa shape index (κ2) is 5.65. The van der Waals surface area contributed by atoms with Gasteiger partial charge in [-0.15, -0.1) is 0 Å². The Bertz CT molecular complexity index is 733. The number of fused-ring (bicyclic) bond motifs is 1. The summed E-state index contributed by atoms with van der Waals surface area (Å²) in [5, 5.41) is 1.95. The summed E-state index contributed by atoms with van der Waals surface area (Å²) < 4.78 is 2.14. The first-order chi connectivity index (χ1) is 9.79. The number of nitrogens with zero attached hydrogens (tertiary/aromatic N) is 2. The predicted octanol–water partition coefficient (Wildman–Crippen LogP) is 3.24. The summed E-state index contributed by atoms with van der Waals surface area (Å²) in [5.41, 5.74) is 9.00. The standard InChI is InChI=1S/C16H16ClN3/c17-15-6-2-1-4-13(15)11-20-10-12(7-8-18)14-5-3-9-19-16(14)20/h1-6,9-10H,7-8,11,18H2. The molecule has 1 aromatic carbocycles. The van der Waals surface area contributed by atoms with Crippen LogP contribution in [0.2, 0.25) is 5.02 Å². The van der Waals surface area contributed by atoms with Crippen molar-refractivity contribution in [2.24, 2.45) is 5.73 Å². The highest BCUT2D eigenvalue weighted by molar-refractivity contribution is 6.31. The maximum atomic E-state index is 6.24. The number of pyridine rings is 1. The molecule has 0 aliphatic carbocycles. The van der Waals surface area contributed by atoms with Crippen molar-refractivity contribution < 1.29 is 0 Å². The molecule has 0 saturated carbocycles. The van der Waals surface area contributed by atoms with Gasteiger partial charge < -0.3 is 10.3 Å². The molecule has 0 spiro atoms. The maximum absolute atomic E-state index is 6.24. The van der Waals surface area contributed by atoms with Gasteiger partial charge in [-0.3, -0.25) is 0 Å². The molecular weight excluding hydrogens is 270 g/mol. The second-order valence-corrected chi connectivity index (χ2v) is 5.19. The largest absolute Gasteiger partial charge is 0.330 e. The first-order valence-electron chi connectivity index (χ1n) is 6.66. The third kappa shape index (κ3) is 2.42. The summed E-state index contributed by atoms with van der Waals surface area (Å²) in [4.78, 5) is 4.49. The van der Waals surface area contributed by atoms with Crippen molar-refractivity contribution in [3.63, 3.8) is 0 Å². The fraction of sp³-hybridized carbons (Fsp3) is 0.188. The molecule has 0 amide bonds. The lowest BCUT2D eigenvalue weighted by Gasteiger charge is -2.06. The zero-order valence-corrected chi connectivity index (χ0v) is 11.8. The van der Waals surface area contributed by atoms with Crippen LogP contribution in [-0.4, -0.2) is 16.1 Å². The molecule has 2 heterocycles. The van der Waals surface area contributed by atoms with Gasteiger partial charge in [0, 0.05) is 22.8 Å². The molecule has 2 aromatic heterocycles. The number of hydrogen-bond donors (Lipinski definition) is 1. The van der Waals surface area contributed by atoms with E-state index in [1.54, 1.807) is 0 Å². The van der Waals surface area contributed by atoms with Crippen molar-refractivity contribution in [3.8, 4) is 0 Å². The summed E-state index contributed by atoms with van der Waals surface area (Å²) in [7, 11) is 0. The lowest BCUT2D eigenvalue weighted by molar-refractivity contribution is 0.817. The summed E-state index contributed by atoms with van der Waals surface area (Å²) in [6.45, 7) is 1.36. The molecule has 0 fully saturated rings. The van der Waals surface area contributed by atoms with Crippen LogP contribution in [0.5, 0.6) is 0 Å². The molecule has 102 valence electrons. The lowest BCUT2D eigenvalue weighted by atomic mass is 10.2. The van der Waals surface area contributed by atoms with Crippen LogP contribution in [0.25, 0.3) is 11.0 Å². The second-order valence-electron chi connectivity index (χ2n) is 4.79. The molecule has 0 radical (unpaired) electrons. The predicted molar refractivity (Wildman–Crippen MR) is 83.0 cm³/mol. The first-order valence-corrected chi connectivity index (χ1v) is 7.03. The number of halogens is 1. The van der Waals surface area contributed by atoms with Crippen molar-refractivity contribution in [1.82, 2.24) is 9.55 Å². The van der Waals surface area contributed by atoms with E-state index in [1.807, 2.05) is 36.5 Å². The third-order valence-corrected chi connectivity index (χ3v) is 3.80. The molecule has 0 aliphatic heterocycles. The van der Waals surface area contributed by atoms with Crippen molar-refractivity contribution in [2.75, 3.05) is 6.54 Å². The molecule has 20 heavy (non-hydrogen) atoms. The van der Waals surface area contributed by atoms with Gasteiger partial charge in [-0.1, -0.05) is 29.8 Å². The minimum Gasteiger partial charge on any atom is -0.330 e. The van der Waals surface area contributed by atoms with Gasteiger partial charge in [0.1, 0.15) is 5.65 Å². The zero-order chi connectivity index (χ0) is 13.9. The number of nitrogens with two attached hydrogens (primary N) is 1. The van der Waals surface area contributed by atoms with Crippen molar-refractivity contribution in [1.29, 1.82) is 0 Å². The molecule has 0 saturated heterocycles. The van der Waals surface area contributed by atoms with Gasteiger partial charge in [0.05, 0.1) is 6.54 Å².